The van der Waals surface area contributed by atoms with E-state index in [1.807, 2.05) is 49.9 Å². The van der Waals surface area contributed by atoms with Gasteiger partial charge in [0, 0.05) is 28.0 Å². The zero-order valence-corrected chi connectivity index (χ0v) is 23.7. The van der Waals surface area contributed by atoms with Crippen molar-refractivity contribution in [1.29, 1.82) is 0 Å². The Kier molecular flexibility index (Phi) is 8.47. The van der Waals surface area contributed by atoms with Gasteiger partial charge in [0.05, 0.1) is 16.5 Å². The zero-order chi connectivity index (χ0) is 26.0. The van der Waals surface area contributed by atoms with Crippen LogP contribution in [0.3, 0.4) is 0 Å². The number of nitrogens with one attached hydrogen (secondary N) is 1. The summed E-state index contributed by atoms with van der Waals surface area (Å²) in [4.78, 5) is 17.0. The predicted molar refractivity (Wildman–Crippen MR) is 148 cm³/mol. The van der Waals surface area contributed by atoms with Crippen molar-refractivity contribution in [3.63, 3.8) is 0 Å². The summed E-state index contributed by atoms with van der Waals surface area (Å²) in [6.45, 7) is 5.78. The van der Waals surface area contributed by atoms with Gasteiger partial charge in [-0.3, -0.25) is 4.79 Å². The van der Waals surface area contributed by atoms with Crippen molar-refractivity contribution >= 4 is 68.9 Å². The highest BCUT2D eigenvalue weighted by Crippen LogP contribution is 2.33. The van der Waals surface area contributed by atoms with Gasteiger partial charge in [0.2, 0.25) is 5.91 Å². The largest absolute Gasteiger partial charge is 0.483 e. The van der Waals surface area contributed by atoms with E-state index < -0.39 is 0 Å². The maximum Gasteiger partial charge on any atom is 0.236 e. The molecule has 0 bridgehead atoms. The van der Waals surface area contributed by atoms with Crippen molar-refractivity contribution in [1.82, 2.24) is 19.7 Å². The molecule has 7 nitrogen and oxygen atoms in total. The van der Waals surface area contributed by atoms with E-state index in [4.69, 9.17) is 39.5 Å². The Morgan fingerprint density at radius 3 is 2.58 bits per heavy atom. The van der Waals surface area contributed by atoms with Crippen molar-refractivity contribution < 1.29 is 9.53 Å². The molecule has 0 radical (unpaired) electrons. The number of carbonyl (C=O) groups is 1. The fourth-order valence-corrected chi connectivity index (χ4v) is 5.53. The van der Waals surface area contributed by atoms with Gasteiger partial charge < -0.3 is 14.6 Å². The lowest BCUT2D eigenvalue weighted by Crippen LogP contribution is -2.14. The SMILES string of the molecule is Cc1cc(OC(C)c2nnc(SCC(=O)Nc3nc(-c4ccc(Cl)cc4Cl)cs3)n2C)cc(C)c1Cl. The van der Waals surface area contributed by atoms with E-state index in [1.54, 1.807) is 18.2 Å². The summed E-state index contributed by atoms with van der Waals surface area (Å²) < 4.78 is 7.90. The van der Waals surface area contributed by atoms with E-state index >= 15 is 0 Å². The van der Waals surface area contributed by atoms with E-state index in [9.17, 15) is 4.79 Å². The van der Waals surface area contributed by atoms with Gasteiger partial charge in [0.25, 0.3) is 0 Å². The molecule has 0 fully saturated rings. The number of nitrogens with zero attached hydrogens (tertiary/aromatic N) is 4. The second kappa shape index (κ2) is 11.4. The first kappa shape index (κ1) is 26.8. The summed E-state index contributed by atoms with van der Waals surface area (Å²) in [6, 6.07) is 8.99. The minimum atomic E-state index is -0.348. The number of amides is 1. The number of hydrogen-bond acceptors (Lipinski definition) is 7. The van der Waals surface area contributed by atoms with Gasteiger partial charge in [-0.05, 0) is 62.2 Å². The molecule has 0 aliphatic heterocycles. The molecular formula is C24H22Cl3N5O2S2. The molecule has 1 atom stereocenters. The van der Waals surface area contributed by atoms with Crippen LogP contribution in [0, 0.1) is 13.8 Å². The van der Waals surface area contributed by atoms with E-state index in [-0.39, 0.29) is 17.8 Å². The number of benzene rings is 2. The Bertz CT molecular complexity index is 1400. The Morgan fingerprint density at radius 1 is 1.17 bits per heavy atom. The van der Waals surface area contributed by atoms with Gasteiger partial charge in [0.15, 0.2) is 22.2 Å². The Balaban J connectivity index is 1.35. The monoisotopic (exact) mass is 581 g/mol. The minimum absolute atomic E-state index is 0.146. The predicted octanol–water partition coefficient (Wildman–Crippen LogP) is 7.39. The highest BCUT2D eigenvalue weighted by Gasteiger charge is 2.19. The Morgan fingerprint density at radius 2 is 1.89 bits per heavy atom. The number of carbonyl (C=O) groups excluding carboxylic acids is 1. The topological polar surface area (TPSA) is 81.9 Å². The highest BCUT2D eigenvalue weighted by atomic mass is 35.5. The van der Waals surface area contributed by atoms with Crippen LogP contribution >= 0.6 is 57.9 Å². The maximum absolute atomic E-state index is 12.5. The number of ether oxygens (including phenoxy) is 1. The van der Waals surface area contributed by atoms with Crippen LogP contribution < -0.4 is 10.1 Å². The quantitative estimate of drug-likeness (QED) is 0.218. The van der Waals surface area contributed by atoms with Crippen LogP contribution in [0.4, 0.5) is 5.13 Å². The van der Waals surface area contributed by atoms with Crippen LogP contribution in [-0.2, 0) is 11.8 Å². The molecule has 1 unspecified atom stereocenters. The van der Waals surface area contributed by atoms with Crippen molar-refractivity contribution in [3.05, 3.63) is 67.7 Å². The van der Waals surface area contributed by atoms with Crippen molar-refractivity contribution in [2.75, 3.05) is 11.1 Å². The number of thiazole rings is 1. The summed E-state index contributed by atoms with van der Waals surface area (Å²) in [5.74, 6) is 1.30. The lowest BCUT2D eigenvalue weighted by Gasteiger charge is -2.16. The van der Waals surface area contributed by atoms with Crippen molar-refractivity contribution in [3.8, 4) is 17.0 Å². The lowest BCUT2D eigenvalue weighted by molar-refractivity contribution is -0.113. The first-order valence-electron chi connectivity index (χ1n) is 10.8. The zero-order valence-electron chi connectivity index (χ0n) is 19.8. The number of hydrogen-bond donors (Lipinski definition) is 1. The molecule has 1 amide bonds. The third-order valence-corrected chi connectivity index (χ3v) is 8.17. The number of anilines is 1. The molecule has 2 heterocycles. The molecule has 0 aliphatic rings. The van der Waals surface area contributed by atoms with Crippen LogP contribution in [0.2, 0.25) is 15.1 Å². The molecule has 0 saturated carbocycles. The number of aromatic nitrogens is 4. The van der Waals surface area contributed by atoms with Crippen LogP contribution in [0.5, 0.6) is 5.75 Å². The Hall–Kier alpha value is -2.30. The van der Waals surface area contributed by atoms with Crippen LogP contribution in [-0.4, -0.2) is 31.4 Å². The van der Waals surface area contributed by atoms with Crippen LogP contribution in [0.1, 0.15) is 30.0 Å². The lowest BCUT2D eigenvalue weighted by atomic mass is 10.1. The van der Waals surface area contributed by atoms with Gasteiger partial charge in [-0.2, -0.15) is 0 Å². The molecule has 2 aromatic heterocycles. The van der Waals surface area contributed by atoms with E-state index in [2.05, 4.69) is 20.5 Å². The normalized spacial score (nSPS) is 12.0. The average molecular weight is 583 g/mol. The van der Waals surface area contributed by atoms with E-state index in [0.29, 0.717) is 37.6 Å². The summed E-state index contributed by atoms with van der Waals surface area (Å²) in [5, 5.41) is 16.0. The summed E-state index contributed by atoms with van der Waals surface area (Å²) in [5.41, 5.74) is 3.31. The first-order valence-corrected chi connectivity index (χ1v) is 13.8. The molecular weight excluding hydrogens is 561 g/mol. The van der Waals surface area contributed by atoms with E-state index in [0.717, 1.165) is 21.7 Å². The summed E-state index contributed by atoms with van der Waals surface area (Å²) in [6.07, 6.45) is -0.348. The second-order valence-electron chi connectivity index (χ2n) is 8.03. The highest BCUT2D eigenvalue weighted by molar-refractivity contribution is 7.99. The third kappa shape index (κ3) is 6.15. The molecule has 0 aliphatic carbocycles. The van der Waals surface area contributed by atoms with Gasteiger partial charge in [-0.15, -0.1) is 21.5 Å². The fraction of sp³-hybridized carbons (Fsp3) is 0.250. The van der Waals surface area contributed by atoms with Crippen LogP contribution in [0.25, 0.3) is 11.3 Å². The summed E-state index contributed by atoms with van der Waals surface area (Å²) >= 11 is 21.1. The molecule has 0 spiro atoms. The number of aryl methyl sites for hydroxylation is 2. The Labute approximate surface area is 232 Å². The molecule has 188 valence electrons. The third-order valence-electron chi connectivity index (χ3n) is 5.24. The standard InChI is InChI=1S/C24H22Cl3N5O2S2/c1-12-7-16(8-13(2)21(12)27)34-14(3)22-30-31-24(32(22)4)36-11-20(33)29-23-28-19(10-35-23)17-6-5-15(25)9-18(17)26/h5-10,14H,11H2,1-4H3,(H,28,29,33). The fourth-order valence-electron chi connectivity index (χ4n) is 3.47. The van der Waals surface area contributed by atoms with Gasteiger partial charge >= 0.3 is 0 Å². The van der Waals surface area contributed by atoms with Crippen molar-refractivity contribution in [2.24, 2.45) is 7.05 Å². The molecule has 2 aromatic carbocycles. The maximum atomic E-state index is 12.5. The number of halogens is 3. The molecule has 4 rings (SSSR count). The van der Waals surface area contributed by atoms with E-state index in [1.165, 1.54) is 23.1 Å². The molecule has 36 heavy (non-hydrogen) atoms. The van der Waals surface area contributed by atoms with Crippen LogP contribution in [0.15, 0.2) is 40.9 Å². The van der Waals surface area contributed by atoms with Gasteiger partial charge in [-0.1, -0.05) is 46.6 Å². The second-order valence-corrected chi connectivity index (χ2v) is 11.1. The molecule has 1 N–H and O–H groups in total. The summed E-state index contributed by atoms with van der Waals surface area (Å²) in [7, 11) is 1.84. The van der Waals surface area contributed by atoms with Gasteiger partial charge in [-0.25, -0.2) is 4.98 Å². The molecule has 4 aromatic rings. The number of thioether (sulfide) groups is 1. The smallest absolute Gasteiger partial charge is 0.236 e. The first-order chi connectivity index (χ1) is 17.1. The molecule has 12 heteroatoms. The van der Waals surface area contributed by atoms with Crippen molar-refractivity contribution in [2.45, 2.75) is 32.0 Å². The van der Waals surface area contributed by atoms with Gasteiger partial charge in [0.1, 0.15) is 5.75 Å². The number of rotatable bonds is 8. The molecule has 0 saturated heterocycles. The average Bonchev–Trinajstić information content (AvgIpc) is 3.42. The minimum Gasteiger partial charge on any atom is -0.483 e.